The van der Waals surface area contributed by atoms with E-state index in [0.29, 0.717) is 10.7 Å². The fraction of sp³-hybridized carbons (Fsp3) is 0. The minimum atomic E-state index is 0.651. The first kappa shape index (κ1) is 12.7. The van der Waals surface area contributed by atoms with Crippen molar-refractivity contribution < 1.29 is 0 Å². The molecule has 0 aliphatic carbocycles. The molecule has 0 aliphatic heterocycles. The van der Waals surface area contributed by atoms with E-state index in [4.69, 9.17) is 17.3 Å². The standard InChI is InChI=1S/C13H9BrClN3S/c14-8-2-1-7(5-9(8)15)18-10-3-4-11-13(12(10)16)17-6-19-11/h1-6,18H,16H2. The maximum Gasteiger partial charge on any atom is 0.106 e. The second-order valence-corrected chi connectivity index (χ2v) is 6.13. The van der Waals surface area contributed by atoms with Gasteiger partial charge in [-0.15, -0.1) is 11.3 Å². The number of aromatic nitrogens is 1. The van der Waals surface area contributed by atoms with Crippen molar-refractivity contribution in [3.8, 4) is 0 Å². The van der Waals surface area contributed by atoms with E-state index in [0.717, 1.165) is 26.1 Å². The summed E-state index contributed by atoms with van der Waals surface area (Å²) in [6, 6.07) is 9.62. The molecule has 0 fully saturated rings. The zero-order valence-electron chi connectivity index (χ0n) is 9.65. The van der Waals surface area contributed by atoms with Crippen LogP contribution in [0.1, 0.15) is 0 Å². The summed E-state index contributed by atoms with van der Waals surface area (Å²) < 4.78 is 1.94. The Kier molecular flexibility index (Phi) is 3.35. The Hall–Kier alpha value is -1.30. The average molecular weight is 355 g/mol. The Balaban J connectivity index is 2.00. The van der Waals surface area contributed by atoms with Crippen molar-refractivity contribution in [1.82, 2.24) is 4.98 Å². The van der Waals surface area contributed by atoms with Crippen LogP contribution >= 0.6 is 38.9 Å². The van der Waals surface area contributed by atoms with Crippen LogP contribution in [0.4, 0.5) is 17.1 Å². The number of anilines is 3. The van der Waals surface area contributed by atoms with Crippen molar-refractivity contribution >= 4 is 66.1 Å². The molecule has 0 amide bonds. The number of nitrogens with two attached hydrogens (primary N) is 1. The number of hydrogen-bond donors (Lipinski definition) is 2. The number of fused-ring (bicyclic) bond motifs is 1. The molecule has 0 aliphatic rings. The van der Waals surface area contributed by atoms with E-state index >= 15 is 0 Å². The highest BCUT2D eigenvalue weighted by molar-refractivity contribution is 9.10. The SMILES string of the molecule is Nc1c(Nc2ccc(Br)c(Cl)c2)ccc2scnc12. The molecule has 0 atom stereocenters. The van der Waals surface area contributed by atoms with E-state index in [9.17, 15) is 0 Å². The fourth-order valence-electron chi connectivity index (χ4n) is 1.79. The van der Waals surface area contributed by atoms with Gasteiger partial charge in [-0.25, -0.2) is 4.98 Å². The molecular weight excluding hydrogens is 346 g/mol. The Bertz CT molecular complexity index is 757. The zero-order valence-corrected chi connectivity index (χ0v) is 12.8. The number of rotatable bonds is 2. The third-order valence-electron chi connectivity index (χ3n) is 2.74. The highest BCUT2D eigenvalue weighted by atomic mass is 79.9. The maximum absolute atomic E-state index is 6.12. The molecule has 3 aromatic rings. The molecular formula is C13H9BrClN3S. The predicted octanol–water partition coefficient (Wildman–Crippen LogP) is 5.04. The number of hydrogen-bond acceptors (Lipinski definition) is 4. The first-order chi connectivity index (χ1) is 9.15. The molecule has 0 saturated heterocycles. The van der Waals surface area contributed by atoms with Crippen molar-refractivity contribution in [1.29, 1.82) is 0 Å². The van der Waals surface area contributed by atoms with Crippen molar-refractivity contribution in [2.45, 2.75) is 0 Å². The summed E-state index contributed by atoms with van der Waals surface area (Å²) in [6.45, 7) is 0. The van der Waals surface area contributed by atoms with E-state index in [1.807, 2.05) is 30.3 Å². The van der Waals surface area contributed by atoms with E-state index in [1.54, 1.807) is 16.8 Å². The van der Waals surface area contributed by atoms with Crippen LogP contribution in [0.2, 0.25) is 5.02 Å². The van der Waals surface area contributed by atoms with Crippen molar-refractivity contribution in [3.05, 3.63) is 45.3 Å². The first-order valence-electron chi connectivity index (χ1n) is 5.49. The van der Waals surface area contributed by atoms with Crippen LogP contribution in [-0.2, 0) is 0 Å². The molecule has 19 heavy (non-hydrogen) atoms. The highest BCUT2D eigenvalue weighted by Gasteiger charge is 2.07. The third kappa shape index (κ3) is 2.41. The van der Waals surface area contributed by atoms with Gasteiger partial charge in [0.15, 0.2) is 0 Å². The van der Waals surface area contributed by atoms with Crippen LogP contribution < -0.4 is 11.1 Å². The summed E-state index contributed by atoms with van der Waals surface area (Å²) in [5.74, 6) is 0. The largest absolute Gasteiger partial charge is 0.395 e. The van der Waals surface area contributed by atoms with Crippen molar-refractivity contribution in [2.24, 2.45) is 0 Å². The monoisotopic (exact) mass is 353 g/mol. The smallest absolute Gasteiger partial charge is 0.106 e. The number of nitrogens with one attached hydrogen (secondary N) is 1. The van der Waals surface area contributed by atoms with E-state index < -0.39 is 0 Å². The summed E-state index contributed by atoms with van der Waals surface area (Å²) in [4.78, 5) is 4.27. The normalized spacial score (nSPS) is 10.8. The third-order valence-corrected chi connectivity index (χ3v) is 4.77. The van der Waals surface area contributed by atoms with Gasteiger partial charge in [-0.2, -0.15) is 0 Å². The predicted molar refractivity (Wildman–Crippen MR) is 86.5 cm³/mol. The number of nitrogens with zero attached hydrogens (tertiary/aromatic N) is 1. The molecule has 0 unspecified atom stereocenters. The van der Waals surface area contributed by atoms with Crippen LogP contribution in [0.15, 0.2) is 40.3 Å². The van der Waals surface area contributed by atoms with Crippen LogP contribution in [0.5, 0.6) is 0 Å². The Morgan fingerprint density at radius 2 is 2.11 bits per heavy atom. The van der Waals surface area contributed by atoms with E-state index in [-0.39, 0.29) is 0 Å². The minimum Gasteiger partial charge on any atom is -0.395 e. The quantitative estimate of drug-likeness (QED) is 0.634. The summed E-state index contributed by atoms with van der Waals surface area (Å²) >= 11 is 11.0. The van der Waals surface area contributed by atoms with Gasteiger partial charge in [-0.3, -0.25) is 0 Å². The van der Waals surface area contributed by atoms with Gasteiger partial charge in [0.25, 0.3) is 0 Å². The number of thiazole rings is 1. The van der Waals surface area contributed by atoms with Crippen LogP contribution in [-0.4, -0.2) is 4.98 Å². The zero-order chi connectivity index (χ0) is 13.4. The van der Waals surface area contributed by atoms with Crippen molar-refractivity contribution in [3.63, 3.8) is 0 Å². The van der Waals surface area contributed by atoms with Gasteiger partial charge in [0.2, 0.25) is 0 Å². The van der Waals surface area contributed by atoms with Gasteiger partial charge < -0.3 is 11.1 Å². The molecule has 1 aromatic heterocycles. The van der Waals surface area contributed by atoms with Gasteiger partial charge in [0.05, 0.1) is 26.6 Å². The topological polar surface area (TPSA) is 50.9 Å². The molecule has 3 N–H and O–H groups in total. The lowest BCUT2D eigenvalue weighted by molar-refractivity contribution is 1.48. The van der Waals surface area contributed by atoms with Gasteiger partial charge >= 0.3 is 0 Å². The molecule has 0 bridgehead atoms. The van der Waals surface area contributed by atoms with E-state index in [1.165, 1.54) is 0 Å². The minimum absolute atomic E-state index is 0.651. The second-order valence-electron chi connectivity index (χ2n) is 3.98. The lowest BCUT2D eigenvalue weighted by Crippen LogP contribution is -1.97. The van der Waals surface area contributed by atoms with Gasteiger partial charge in [-0.1, -0.05) is 11.6 Å². The Morgan fingerprint density at radius 3 is 2.89 bits per heavy atom. The second kappa shape index (κ2) is 5.00. The lowest BCUT2D eigenvalue weighted by Gasteiger charge is -2.10. The summed E-state index contributed by atoms with van der Waals surface area (Å²) in [5, 5.41) is 3.91. The Labute approximate surface area is 127 Å². The molecule has 6 heteroatoms. The molecule has 3 nitrogen and oxygen atoms in total. The van der Waals surface area contributed by atoms with Crippen molar-refractivity contribution in [2.75, 3.05) is 11.1 Å². The van der Waals surface area contributed by atoms with E-state index in [2.05, 4.69) is 26.2 Å². The molecule has 0 saturated carbocycles. The maximum atomic E-state index is 6.12. The number of benzene rings is 2. The molecule has 0 spiro atoms. The highest BCUT2D eigenvalue weighted by Crippen LogP contribution is 2.33. The summed E-state index contributed by atoms with van der Waals surface area (Å²) in [7, 11) is 0. The molecule has 96 valence electrons. The van der Waals surface area contributed by atoms with Gasteiger partial charge in [0.1, 0.15) is 5.52 Å². The molecule has 1 heterocycles. The Morgan fingerprint density at radius 1 is 1.26 bits per heavy atom. The van der Waals surface area contributed by atoms with Gasteiger partial charge in [-0.05, 0) is 46.3 Å². The van der Waals surface area contributed by atoms with Crippen LogP contribution in [0.25, 0.3) is 10.2 Å². The first-order valence-corrected chi connectivity index (χ1v) is 7.54. The fourth-order valence-corrected chi connectivity index (χ4v) is 2.91. The lowest BCUT2D eigenvalue weighted by atomic mass is 10.2. The summed E-state index contributed by atoms with van der Waals surface area (Å²) in [5.41, 5.74) is 11.1. The summed E-state index contributed by atoms with van der Waals surface area (Å²) in [6.07, 6.45) is 0. The number of halogens is 2. The average Bonchev–Trinajstić information content (AvgIpc) is 2.86. The number of nitrogen functional groups attached to an aromatic ring is 1. The van der Waals surface area contributed by atoms with Gasteiger partial charge in [0, 0.05) is 10.2 Å². The van der Waals surface area contributed by atoms with Crippen LogP contribution in [0.3, 0.4) is 0 Å². The molecule has 3 rings (SSSR count). The molecule has 0 radical (unpaired) electrons. The van der Waals surface area contributed by atoms with Crippen LogP contribution in [0, 0.1) is 0 Å². The molecule has 2 aromatic carbocycles.